The molecule has 0 bridgehead atoms. The highest BCUT2D eigenvalue weighted by Gasteiger charge is 2.14. The maximum absolute atomic E-state index is 13.6. The van der Waals surface area contributed by atoms with E-state index >= 15 is 0 Å². The molecule has 0 saturated heterocycles. The van der Waals surface area contributed by atoms with Gasteiger partial charge in [-0.1, -0.05) is 24.3 Å². The van der Waals surface area contributed by atoms with Crippen LogP contribution in [0.15, 0.2) is 72.8 Å². The minimum atomic E-state index is -0.542. The smallest absolute Gasteiger partial charge is 0.262 e. The molecule has 0 aliphatic heterocycles. The molecule has 0 heterocycles. The summed E-state index contributed by atoms with van der Waals surface area (Å²) in [4.78, 5) is 24.7. The second-order valence-electron chi connectivity index (χ2n) is 6.00. The van der Waals surface area contributed by atoms with Crippen LogP contribution < -0.4 is 20.1 Å². The summed E-state index contributed by atoms with van der Waals surface area (Å²) in [6, 6.07) is 19.3. The number of halogens is 1. The number of methoxy groups -OCH3 is 1. The molecular formula is C22H19FN2O4. The number of hydrogen-bond acceptors (Lipinski definition) is 4. The monoisotopic (exact) mass is 394 g/mol. The lowest BCUT2D eigenvalue weighted by molar-refractivity contribution is -0.118. The Labute approximate surface area is 167 Å². The van der Waals surface area contributed by atoms with Gasteiger partial charge in [-0.3, -0.25) is 9.59 Å². The Morgan fingerprint density at radius 1 is 0.897 bits per heavy atom. The average molecular weight is 394 g/mol. The second-order valence-corrected chi connectivity index (χ2v) is 6.00. The highest BCUT2D eigenvalue weighted by atomic mass is 19.1. The first-order valence-electron chi connectivity index (χ1n) is 8.78. The fourth-order valence-corrected chi connectivity index (χ4v) is 2.55. The highest BCUT2D eigenvalue weighted by Crippen LogP contribution is 2.21. The number of anilines is 2. The van der Waals surface area contributed by atoms with Crippen molar-refractivity contribution in [3.8, 4) is 11.5 Å². The van der Waals surface area contributed by atoms with Crippen LogP contribution in [-0.2, 0) is 4.79 Å². The third-order valence-corrected chi connectivity index (χ3v) is 3.99. The molecule has 0 unspecified atom stereocenters. The van der Waals surface area contributed by atoms with Crippen molar-refractivity contribution in [1.29, 1.82) is 0 Å². The number of rotatable bonds is 7. The molecule has 0 atom stereocenters. The summed E-state index contributed by atoms with van der Waals surface area (Å²) >= 11 is 0. The van der Waals surface area contributed by atoms with Crippen LogP contribution in [0.4, 0.5) is 15.8 Å². The normalized spacial score (nSPS) is 10.1. The van der Waals surface area contributed by atoms with Gasteiger partial charge in [-0.05, 0) is 48.5 Å². The Balaban J connectivity index is 1.64. The highest BCUT2D eigenvalue weighted by molar-refractivity contribution is 6.06. The minimum Gasteiger partial charge on any atom is -0.497 e. The summed E-state index contributed by atoms with van der Waals surface area (Å²) in [5, 5.41) is 5.19. The van der Waals surface area contributed by atoms with Gasteiger partial charge in [0, 0.05) is 5.69 Å². The average Bonchev–Trinajstić information content (AvgIpc) is 2.74. The first-order chi connectivity index (χ1) is 14.1. The van der Waals surface area contributed by atoms with E-state index in [0.717, 1.165) is 0 Å². The molecule has 7 heteroatoms. The predicted molar refractivity (Wildman–Crippen MR) is 108 cm³/mol. The van der Waals surface area contributed by atoms with Crippen molar-refractivity contribution in [3.05, 3.63) is 84.2 Å². The number of hydrogen-bond donors (Lipinski definition) is 2. The lowest BCUT2D eigenvalue weighted by Crippen LogP contribution is -2.22. The molecule has 29 heavy (non-hydrogen) atoms. The first-order valence-corrected chi connectivity index (χ1v) is 8.78. The fraction of sp³-hybridized carbons (Fsp3) is 0.0909. The molecule has 148 valence electrons. The third-order valence-electron chi connectivity index (χ3n) is 3.99. The van der Waals surface area contributed by atoms with Gasteiger partial charge in [-0.25, -0.2) is 4.39 Å². The van der Waals surface area contributed by atoms with E-state index in [1.165, 1.54) is 18.2 Å². The van der Waals surface area contributed by atoms with Gasteiger partial charge in [0.15, 0.2) is 6.61 Å². The number of para-hydroxylation sites is 2. The zero-order valence-corrected chi connectivity index (χ0v) is 15.6. The van der Waals surface area contributed by atoms with Crippen molar-refractivity contribution in [1.82, 2.24) is 0 Å². The number of carbonyl (C=O) groups is 2. The van der Waals surface area contributed by atoms with Crippen LogP contribution in [0.2, 0.25) is 0 Å². The van der Waals surface area contributed by atoms with Gasteiger partial charge in [-0.2, -0.15) is 0 Å². The number of ether oxygens (including phenoxy) is 2. The van der Waals surface area contributed by atoms with Gasteiger partial charge in [0.1, 0.15) is 17.3 Å². The van der Waals surface area contributed by atoms with Crippen molar-refractivity contribution in [2.24, 2.45) is 0 Å². The van der Waals surface area contributed by atoms with Crippen molar-refractivity contribution in [2.45, 2.75) is 0 Å². The quantitative estimate of drug-likeness (QED) is 0.632. The SMILES string of the molecule is COc1ccc(NC(=O)c2ccccc2OCC(=O)Nc2ccccc2F)cc1. The van der Waals surface area contributed by atoms with E-state index in [1.807, 2.05) is 0 Å². The van der Waals surface area contributed by atoms with E-state index < -0.39 is 11.7 Å². The Hall–Kier alpha value is -3.87. The van der Waals surface area contributed by atoms with Crippen LogP contribution in [0.5, 0.6) is 11.5 Å². The molecule has 3 aromatic rings. The van der Waals surface area contributed by atoms with Crippen LogP contribution >= 0.6 is 0 Å². The maximum atomic E-state index is 13.6. The van der Waals surface area contributed by atoms with Crippen molar-refractivity contribution in [2.75, 3.05) is 24.4 Å². The van der Waals surface area contributed by atoms with E-state index in [0.29, 0.717) is 11.4 Å². The van der Waals surface area contributed by atoms with Crippen LogP contribution in [0, 0.1) is 5.82 Å². The molecule has 0 fully saturated rings. The first kappa shape index (κ1) is 19.9. The Morgan fingerprint density at radius 3 is 2.31 bits per heavy atom. The minimum absolute atomic E-state index is 0.0617. The summed E-state index contributed by atoms with van der Waals surface area (Å²) in [7, 11) is 1.56. The Bertz CT molecular complexity index is 1010. The molecule has 0 aliphatic carbocycles. The molecule has 3 aromatic carbocycles. The predicted octanol–water partition coefficient (Wildman–Crippen LogP) is 4.10. The summed E-state index contributed by atoms with van der Waals surface area (Å²) in [5.74, 6) is -0.560. The maximum Gasteiger partial charge on any atom is 0.262 e. The zero-order chi connectivity index (χ0) is 20.6. The van der Waals surface area contributed by atoms with Crippen LogP contribution in [0.25, 0.3) is 0 Å². The molecule has 2 N–H and O–H groups in total. The molecule has 0 saturated carbocycles. The van der Waals surface area contributed by atoms with Gasteiger partial charge in [-0.15, -0.1) is 0 Å². The summed E-state index contributed by atoms with van der Waals surface area (Å²) in [5.41, 5.74) is 0.913. The van der Waals surface area contributed by atoms with E-state index in [-0.39, 0.29) is 29.5 Å². The molecular weight excluding hydrogens is 375 g/mol. The van der Waals surface area contributed by atoms with Gasteiger partial charge in [0.25, 0.3) is 11.8 Å². The van der Waals surface area contributed by atoms with Crippen molar-refractivity contribution >= 4 is 23.2 Å². The molecule has 0 aromatic heterocycles. The van der Waals surface area contributed by atoms with Crippen molar-refractivity contribution in [3.63, 3.8) is 0 Å². The Kier molecular flexibility index (Phi) is 6.42. The number of nitrogens with one attached hydrogen (secondary N) is 2. The van der Waals surface area contributed by atoms with Gasteiger partial charge in [0.2, 0.25) is 0 Å². The molecule has 0 spiro atoms. The van der Waals surface area contributed by atoms with E-state index in [1.54, 1.807) is 61.7 Å². The standard InChI is InChI=1S/C22H19FN2O4/c1-28-16-12-10-15(11-13-16)24-22(27)17-6-2-5-9-20(17)29-14-21(26)25-19-8-4-3-7-18(19)23/h2-13H,14H2,1H3,(H,24,27)(H,25,26). The topological polar surface area (TPSA) is 76.7 Å². The molecule has 2 amide bonds. The van der Waals surface area contributed by atoms with E-state index in [2.05, 4.69) is 10.6 Å². The number of carbonyl (C=O) groups excluding carboxylic acids is 2. The van der Waals surface area contributed by atoms with Gasteiger partial charge in [0.05, 0.1) is 18.4 Å². The second kappa shape index (κ2) is 9.36. The lowest BCUT2D eigenvalue weighted by Gasteiger charge is -2.12. The van der Waals surface area contributed by atoms with E-state index in [9.17, 15) is 14.0 Å². The van der Waals surface area contributed by atoms with Gasteiger partial charge >= 0.3 is 0 Å². The Morgan fingerprint density at radius 2 is 1.59 bits per heavy atom. The van der Waals surface area contributed by atoms with Crippen LogP contribution in [0.3, 0.4) is 0 Å². The third kappa shape index (κ3) is 5.32. The fourth-order valence-electron chi connectivity index (χ4n) is 2.55. The van der Waals surface area contributed by atoms with Crippen LogP contribution in [-0.4, -0.2) is 25.5 Å². The largest absolute Gasteiger partial charge is 0.497 e. The van der Waals surface area contributed by atoms with Crippen molar-refractivity contribution < 1.29 is 23.5 Å². The molecule has 3 rings (SSSR count). The summed E-state index contributed by atoms with van der Waals surface area (Å²) in [6.07, 6.45) is 0. The lowest BCUT2D eigenvalue weighted by atomic mass is 10.2. The molecule has 0 aliphatic rings. The summed E-state index contributed by atoms with van der Waals surface area (Å²) in [6.45, 7) is -0.374. The number of benzene rings is 3. The molecule has 0 radical (unpaired) electrons. The zero-order valence-electron chi connectivity index (χ0n) is 15.6. The molecule has 6 nitrogen and oxygen atoms in total. The van der Waals surface area contributed by atoms with Gasteiger partial charge < -0.3 is 20.1 Å². The van der Waals surface area contributed by atoms with E-state index in [4.69, 9.17) is 9.47 Å². The number of amides is 2. The van der Waals surface area contributed by atoms with Crippen LogP contribution in [0.1, 0.15) is 10.4 Å². The summed E-state index contributed by atoms with van der Waals surface area (Å²) < 4.78 is 24.2.